The highest BCUT2D eigenvalue weighted by atomic mass is 35.5. The summed E-state index contributed by atoms with van der Waals surface area (Å²) in [5, 5.41) is 0.416. The van der Waals surface area contributed by atoms with E-state index >= 15 is 0 Å². The van der Waals surface area contributed by atoms with E-state index in [0.29, 0.717) is 37.5 Å². The number of pyridine rings is 1. The summed E-state index contributed by atoms with van der Waals surface area (Å²) in [6, 6.07) is 1.79. The summed E-state index contributed by atoms with van der Waals surface area (Å²) in [6.45, 7) is 5.53. The topological polar surface area (TPSA) is 60.9 Å². The second-order valence-electron chi connectivity index (χ2n) is 6.77. The number of rotatable bonds is 3. The number of amides is 1. The van der Waals surface area contributed by atoms with Gasteiger partial charge in [-0.25, -0.2) is 4.98 Å². The van der Waals surface area contributed by atoms with Crippen LogP contribution in [0.15, 0.2) is 6.07 Å². The highest BCUT2D eigenvalue weighted by Gasteiger charge is 2.44. The first kappa shape index (κ1) is 16.1. The van der Waals surface area contributed by atoms with Crippen LogP contribution in [-0.4, -0.2) is 55.3 Å². The molecule has 0 aliphatic carbocycles. The van der Waals surface area contributed by atoms with Crippen molar-refractivity contribution in [3.63, 3.8) is 0 Å². The van der Waals surface area contributed by atoms with Crippen molar-refractivity contribution in [3.05, 3.63) is 22.5 Å². The van der Waals surface area contributed by atoms with Crippen LogP contribution in [0.2, 0.25) is 5.15 Å². The second-order valence-corrected chi connectivity index (χ2v) is 7.15. The zero-order chi connectivity index (χ0) is 16.7. The summed E-state index contributed by atoms with van der Waals surface area (Å²) in [6.07, 6.45) is 1.56. The third-order valence-corrected chi connectivity index (χ3v) is 5.27. The van der Waals surface area contributed by atoms with Crippen molar-refractivity contribution in [3.8, 4) is 5.75 Å². The summed E-state index contributed by atoms with van der Waals surface area (Å²) in [4.78, 5) is 17.6. The number of carbonyl (C=O) groups excluding carboxylic acids is 1. The Balaban J connectivity index is 1.52. The zero-order valence-electron chi connectivity index (χ0n) is 13.7. The fourth-order valence-corrected chi connectivity index (χ4v) is 3.85. The number of nitrogens with zero attached hydrogens (tertiary/aromatic N) is 2. The number of hydrogen-bond acceptors (Lipinski definition) is 5. The lowest BCUT2D eigenvalue weighted by atomic mass is 9.90. The molecule has 0 N–H and O–H groups in total. The monoisotopic (exact) mass is 352 g/mol. The molecule has 2 fully saturated rings. The van der Waals surface area contributed by atoms with E-state index in [4.69, 9.17) is 25.8 Å². The number of carbonyl (C=O) groups is 1. The van der Waals surface area contributed by atoms with Gasteiger partial charge in [0.15, 0.2) is 0 Å². The summed E-state index contributed by atoms with van der Waals surface area (Å²) in [5.74, 6) is 1.29. The molecule has 4 rings (SSSR count). The Bertz CT molecular complexity index is 654. The van der Waals surface area contributed by atoms with Gasteiger partial charge in [0.1, 0.15) is 16.5 Å². The predicted octanol–water partition coefficient (Wildman–Crippen LogP) is 1.78. The van der Waals surface area contributed by atoms with E-state index in [9.17, 15) is 4.79 Å². The molecule has 6 nitrogen and oxygen atoms in total. The lowest BCUT2D eigenvalue weighted by Gasteiger charge is -2.39. The van der Waals surface area contributed by atoms with Crippen molar-refractivity contribution >= 4 is 17.5 Å². The van der Waals surface area contributed by atoms with Crippen molar-refractivity contribution < 1.29 is 19.0 Å². The van der Waals surface area contributed by atoms with E-state index in [0.717, 1.165) is 42.9 Å². The average Bonchev–Trinajstić information content (AvgIpc) is 2.95. The third kappa shape index (κ3) is 2.76. The number of hydrogen-bond donors (Lipinski definition) is 0. The van der Waals surface area contributed by atoms with Crippen molar-refractivity contribution in [2.45, 2.75) is 25.4 Å². The van der Waals surface area contributed by atoms with Crippen LogP contribution in [0.4, 0.5) is 0 Å². The van der Waals surface area contributed by atoms with Gasteiger partial charge in [0, 0.05) is 57.0 Å². The Morgan fingerprint density at radius 1 is 1.50 bits per heavy atom. The molecule has 2 saturated heterocycles. The van der Waals surface area contributed by atoms with Crippen LogP contribution >= 0.6 is 11.6 Å². The summed E-state index contributed by atoms with van der Waals surface area (Å²) >= 11 is 6.23. The molecule has 0 saturated carbocycles. The lowest BCUT2D eigenvalue weighted by Crippen LogP contribution is -2.51. The van der Waals surface area contributed by atoms with Gasteiger partial charge in [-0.3, -0.25) is 4.79 Å². The van der Waals surface area contributed by atoms with E-state index in [1.54, 1.807) is 13.0 Å². The highest BCUT2D eigenvalue weighted by molar-refractivity contribution is 6.29. The minimum atomic E-state index is -0.474. The number of aromatic nitrogens is 1. The molecule has 0 aromatic carbocycles. The molecule has 24 heavy (non-hydrogen) atoms. The fraction of sp³-hybridized carbons (Fsp3) is 0.647. The van der Waals surface area contributed by atoms with Crippen LogP contribution in [0.3, 0.4) is 0 Å². The fourth-order valence-electron chi connectivity index (χ4n) is 3.67. The first-order valence-corrected chi connectivity index (χ1v) is 8.75. The van der Waals surface area contributed by atoms with Gasteiger partial charge in [-0.15, -0.1) is 0 Å². The van der Waals surface area contributed by atoms with E-state index < -0.39 is 5.60 Å². The average molecular weight is 353 g/mol. The Hall–Kier alpha value is -1.37. The maximum atomic E-state index is 11.3. The molecular formula is C17H21ClN2O4. The number of fused-ring (bicyclic) bond motifs is 2. The molecule has 3 aliphatic rings. The first-order valence-electron chi connectivity index (χ1n) is 8.37. The van der Waals surface area contributed by atoms with Crippen LogP contribution in [0.5, 0.6) is 5.75 Å². The molecule has 130 valence electrons. The van der Waals surface area contributed by atoms with Crippen LogP contribution in [0.25, 0.3) is 0 Å². The quantitative estimate of drug-likeness (QED) is 0.776. The molecule has 1 unspecified atom stereocenters. The first-order chi connectivity index (χ1) is 11.6. The standard InChI is InChI=1S/C17H21ClN2O4/c1-11(21)20-7-12(8-20)9-23-14-6-15(18)19-16-13(14)2-4-24-17(16)3-5-22-10-17/h6,12H,2-5,7-10H2,1H3. The Labute approximate surface area is 146 Å². The Morgan fingerprint density at radius 3 is 3.04 bits per heavy atom. The lowest BCUT2D eigenvalue weighted by molar-refractivity contribution is -0.135. The largest absolute Gasteiger partial charge is 0.493 e. The highest BCUT2D eigenvalue weighted by Crippen LogP contribution is 2.42. The van der Waals surface area contributed by atoms with Crippen LogP contribution in [-0.2, 0) is 26.3 Å². The van der Waals surface area contributed by atoms with Gasteiger partial charge in [-0.05, 0) is 0 Å². The van der Waals surface area contributed by atoms with Gasteiger partial charge >= 0.3 is 0 Å². The molecule has 1 aromatic rings. The number of likely N-dealkylation sites (tertiary alicyclic amines) is 1. The smallest absolute Gasteiger partial charge is 0.219 e. The van der Waals surface area contributed by atoms with Crippen molar-refractivity contribution in [1.29, 1.82) is 0 Å². The van der Waals surface area contributed by atoms with E-state index in [1.807, 2.05) is 4.90 Å². The maximum absolute atomic E-state index is 11.3. The van der Waals surface area contributed by atoms with Gasteiger partial charge < -0.3 is 19.1 Å². The summed E-state index contributed by atoms with van der Waals surface area (Å²) in [5.41, 5.74) is 1.48. The van der Waals surface area contributed by atoms with Gasteiger partial charge in [0.2, 0.25) is 5.91 Å². The minimum absolute atomic E-state index is 0.121. The van der Waals surface area contributed by atoms with Crippen molar-refractivity contribution in [2.75, 3.05) is 39.5 Å². The zero-order valence-corrected chi connectivity index (χ0v) is 14.5. The normalized spacial score (nSPS) is 26.3. The number of ether oxygens (including phenoxy) is 3. The Morgan fingerprint density at radius 2 is 2.33 bits per heavy atom. The maximum Gasteiger partial charge on any atom is 0.219 e. The Kier molecular flexibility index (Phi) is 4.14. The van der Waals surface area contributed by atoms with Gasteiger partial charge in [0.05, 0.1) is 25.5 Å². The van der Waals surface area contributed by atoms with Gasteiger partial charge in [0.25, 0.3) is 0 Å². The molecule has 1 aromatic heterocycles. The minimum Gasteiger partial charge on any atom is -0.493 e. The SMILES string of the molecule is CC(=O)N1CC(COc2cc(Cl)nc3c2CCOC32CCOC2)C1. The van der Waals surface area contributed by atoms with E-state index in [1.165, 1.54) is 0 Å². The molecule has 1 amide bonds. The predicted molar refractivity (Wildman–Crippen MR) is 87.3 cm³/mol. The van der Waals surface area contributed by atoms with Crippen molar-refractivity contribution in [2.24, 2.45) is 5.92 Å². The third-order valence-electron chi connectivity index (χ3n) is 5.08. The molecular weight excluding hydrogens is 332 g/mol. The van der Waals surface area contributed by atoms with Gasteiger partial charge in [-0.1, -0.05) is 11.6 Å². The van der Waals surface area contributed by atoms with Crippen molar-refractivity contribution in [1.82, 2.24) is 9.88 Å². The molecule has 4 heterocycles. The number of halogens is 1. The molecule has 7 heteroatoms. The summed E-state index contributed by atoms with van der Waals surface area (Å²) < 4.78 is 17.6. The second kappa shape index (κ2) is 6.17. The van der Waals surface area contributed by atoms with Crippen LogP contribution < -0.4 is 4.74 Å². The van der Waals surface area contributed by atoms with Gasteiger partial charge in [-0.2, -0.15) is 0 Å². The van der Waals surface area contributed by atoms with E-state index in [-0.39, 0.29) is 5.91 Å². The van der Waals surface area contributed by atoms with E-state index in [2.05, 4.69) is 4.98 Å². The molecule has 1 atom stereocenters. The van der Waals surface area contributed by atoms with Crippen LogP contribution in [0.1, 0.15) is 24.6 Å². The molecule has 3 aliphatic heterocycles. The molecule has 1 spiro atoms. The summed E-state index contributed by atoms with van der Waals surface area (Å²) in [7, 11) is 0. The van der Waals surface area contributed by atoms with Crippen LogP contribution in [0, 0.1) is 5.92 Å². The molecule has 0 radical (unpaired) electrons. The molecule has 0 bridgehead atoms.